The van der Waals surface area contributed by atoms with Crippen LogP contribution < -0.4 is 9.62 Å². The maximum absolute atomic E-state index is 14.0. The molecule has 0 radical (unpaired) electrons. The van der Waals surface area contributed by atoms with Gasteiger partial charge in [0.05, 0.1) is 20.6 Å². The number of hydrogen-bond acceptors (Lipinski definition) is 4. The molecule has 39 heavy (non-hydrogen) atoms. The van der Waals surface area contributed by atoms with Gasteiger partial charge in [-0.15, -0.1) is 0 Å². The molecule has 0 saturated carbocycles. The molecule has 2 amide bonds. The molecule has 0 aromatic heterocycles. The fourth-order valence-corrected chi connectivity index (χ4v) is 6.02. The Hall–Kier alpha value is -3.07. The molecule has 1 atom stereocenters. The van der Waals surface area contributed by atoms with Crippen LogP contribution in [0, 0.1) is 0 Å². The SMILES string of the molecule is CCCCNC(=O)[C@H](CC)N(Cc1ccccc1)C(=O)CN(c1cccc(Cl)c1Cl)S(=O)(=O)c1ccccc1. The Morgan fingerprint density at radius 2 is 1.54 bits per heavy atom. The normalized spacial score (nSPS) is 12.0. The molecule has 0 fully saturated rings. The van der Waals surface area contributed by atoms with Crippen LogP contribution in [0.2, 0.25) is 10.0 Å². The van der Waals surface area contributed by atoms with Crippen molar-refractivity contribution in [2.75, 3.05) is 17.4 Å². The molecule has 3 aromatic carbocycles. The summed E-state index contributed by atoms with van der Waals surface area (Å²) in [5, 5.41) is 3.07. The Balaban J connectivity index is 2.05. The van der Waals surface area contributed by atoms with Crippen LogP contribution in [0.15, 0.2) is 83.8 Å². The lowest BCUT2D eigenvalue weighted by Crippen LogP contribution is -2.52. The summed E-state index contributed by atoms with van der Waals surface area (Å²) in [6.07, 6.45) is 2.07. The van der Waals surface area contributed by atoms with Crippen molar-refractivity contribution >= 4 is 50.7 Å². The fraction of sp³-hybridized carbons (Fsp3) is 0.310. The van der Waals surface area contributed by atoms with E-state index >= 15 is 0 Å². The molecule has 3 rings (SSSR count). The topological polar surface area (TPSA) is 86.8 Å². The zero-order valence-electron chi connectivity index (χ0n) is 22.0. The second-order valence-corrected chi connectivity index (χ2v) is 11.6. The summed E-state index contributed by atoms with van der Waals surface area (Å²) in [7, 11) is -4.22. The summed E-state index contributed by atoms with van der Waals surface area (Å²) in [6.45, 7) is 3.88. The van der Waals surface area contributed by atoms with E-state index in [1.54, 1.807) is 24.3 Å². The van der Waals surface area contributed by atoms with Crippen molar-refractivity contribution in [2.24, 2.45) is 0 Å². The Morgan fingerprint density at radius 1 is 0.897 bits per heavy atom. The summed E-state index contributed by atoms with van der Waals surface area (Å²) >= 11 is 12.7. The first-order chi connectivity index (χ1) is 18.7. The van der Waals surface area contributed by atoms with Gasteiger partial charge in [0, 0.05) is 13.1 Å². The van der Waals surface area contributed by atoms with E-state index in [4.69, 9.17) is 23.2 Å². The number of sulfonamides is 1. The minimum Gasteiger partial charge on any atom is -0.354 e. The first-order valence-corrected chi connectivity index (χ1v) is 15.0. The minimum atomic E-state index is -4.22. The first-order valence-electron chi connectivity index (χ1n) is 12.8. The van der Waals surface area contributed by atoms with Crippen LogP contribution in [0.25, 0.3) is 0 Å². The number of rotatable bonds is 13. The van der Waals surface area contributed by atoms with Gasteiger partial charge in [0.1, 0.15) is 12.6 Å². The number of nitrogens with one attached hydrogen (secondary N) is 1. The summed E-state index contributed by atoms with van der Waals surface area (Å²) in [4.78, 5) is 28.6. The number of hydrogen-bond donors (Lipinski definition) is 1. The molecule has 0 heterocycles. The van der Waals surface area contributed by atoms with Crippen molar-refractivity contribution in [2.45, 2.75) is 50.6 Å². The van der Waals surface area contributed by atoms with Gasteiger partial charge in [-0.05, 0) is 42.7 Å². The van der Waals surface area contributed by atoms with Crippen molar-refractivity contribution in [3.05, 3.63) is 94.5 Å². The van der Waals surface area contributed by atoms with Crippen LogP contribution >= 0.6 is 23.2 Å². The van der Waals surface area contributed by atoms with E-state index in [1.807, 2.05) is 44.2 Å². The first kappa shape index (κ1) is 30.5. The lowest BCUT2D eigenvalue weighted by Gasteiger charge is -2.33. The zero-order chi connectivity index (χ0) is 28.4. The van der Waals surface area contributed by atoms with Gasteiger partial charge in [-0.1, -0.05) is 98.1 Å². The molecule has 10 heteroatoms. The molecule has 7 nitrogen and oxygen atoms in total. The third-order valence-electron chi connectivity index (χ3n) is 6.22. The number of halogens is 2. The average molecular weight is 591 g/mol. The second-order valence-electron chi connectivity index (χ2n) is 8.97. The summed E-state index contributed by atoms with van der Waals surface area (Å²) in [5.41, 5.74) is 0.880. The van der Waals surface area contributed by atoms with E-state index in [1.165, 1.54) is 29.2 Å². The molecule has 3 aromatic rings. The van der Waals surface area contributed by atoms with Crippen molar-refractivity contribution in [3.63, 3.8) is 0 Å². The Bertz CT molecular complexity index is 1360. The maximum Gasteiger partial charge on any atom is 0.264 e. The number of nitrogens with zero attached hydrogens (tertiary/aromatic N) is 2. The highest BCUT2D eigenvalue weighted by atomic mass is 35.5. The quantitative estimate of drug-likeness (QED) is 0.251. The van der Waals surface area contributed by atoms with E-state index in [9.17, 15) is 18.0 Å². The number of anilines is 1. The standard InChI is InChI=1S/C29H33Cl2N3O4S/c1-3-5-19-32-29(36)25(4-2)33(20-22-13-8-6-9-14-22)27(35)21-34(26-18-12-17-24(30)28(26)31)39(37,38)23-15-10-7-11-16-23/h6-18,25H,3-5,19-21H2,1-2H3,(H,32,36)/t25-/m0/s1. The van der Waals surface area contributed by atoms with Crippen molar-refractivity contribution in [3.8, 4) is 0 Å². The number of benzene rings is 3. The summed E-state index contributed by atoms with van der Waals surface area (Å²) < 4.78 is 28.6. The summed E-state index contributed by atoms with van der Waals surface area (Å²) in [5.74, 6) is -0.833. The average Bonchev–Trinajstić information content (AvgIpc) is 2.94. The van der Waals surface area contributed by atoms with Gasteiger partial charge in [-0.25, -0.2) is 8.42 Å². The molecule has 1 N–H and O–H groups in total. The van der Waals surface area contributed by atoms with Crippen molar-refractivity contribution in [1.29, 1.82) is 0 Å². The molecule has 0 spiro atoms. The summed E-state index contributed by atoms with van der Waals surface area (Å²) in [6, 6.07) is 20.9. The predicted octanol–water partition coefficient (Wildman–Crippen LogP) is 5.91. The largest absolute Gasteiger partial charge is 0.354 e. The van der Waals surface area contributed by atoms with Crippen LogP contribution in [0.1, 0.15) is 38.7 Å². The second kappa shape index (κ2) is 14.4. The number of amides is 2. The van der Waals surface area contributed by atoms with Crippen molar-refractivity contribution < 1.29 is 18.0 Å². The van der Waals surface area contributed by atoms with Crippen LogP contribution in [-0.4, -0.2) is 44.3 Å². The number of carbonyl (C=O) groups is 2. The Morgan fingerprint density at radius 3 is 2.15 bits per heavy atom. The number of unbranched alkanes of at least 4 members (excludes halogenated alkanes) is 1. The van der Waals surface area contributed by atoms with E-state index in [0.29, 0.717) is 13.0 Å². The van der Waals surface area contributed by atoms with Crippen molar-refractivity contribution in [1.82, 2.24) is 10.2 Å². The monoisotopic (exact) mass is 589 g/mol. The molecule has 0 aliphatic carbocycles. The van der Waals surface area contributed by atoms with E-state index in [0.717, 1.165) is 22.7 Å². The molecular formula is C29H33Cl2N3O4S. The number of carbonyl (C=O) groups excluding carboxylic acids is 2. The lowest BCUT2D eigenvalue weighted by molar-refractivity contribution is -0.140. The highest BCUT2D eigenvalue weighted by molar-refractivity contribution is 7.92. The lowest BCUT2D eigenvalue weighted by atomic mass is 10.1. The third kappa shape index (κ3) is 7.75. The highest BCUT2D eigenvalue weighted by Gasteiger charge is 2.34. The maximum atomic E-state index is 14.0. The fourth-order valence-electron chi connectivity index (χ4n) is 4.12. The van der Waals surface area contributed by atoms with Gasteiger partial charge in [0.15, 0.2) is 0 Å². The van der Waals surface area contributed by atoms with Gasteiger partial charge >= 0.3 is 0 Å². The van der Waals surface area contributed by atoms with Gasteiger partial charge in [0.25, 0.3) is 10.0 Å². The van der Waals surface area contributed by atoms with Gasteiger partial charge in [-0.2, -0.15) is 0 Å². The molecule has 0 aliphatic heterocycles. The smallest absolute Gasteiger partial charge is 0.264 e. The van der Waals surface area contributed by atoms with Gasteiger partial charge in [0.2, 0.25) is 11.8 Å². The van der Waals surface area contributed by atoms with Gasteiger partial charge in [-0.3, -0.25) is 13.9 Å². The van der Waals surface area contributed by atoms with E-state index in [-0.39, 0.29) is 33.1 Å². The Kier molecular flexibility index (Phi) is 11.2. The van der Waals surface area contributed by atoms with E-state index in [2.05, 4.69) is 5.32 Å². The molecule has 208 valence electrons. The Labute approximate surface area is 240 Å². The van der Waals surface area contributed by atoms with Crippen LogP contribution in [0.3, 0.4) is 0 Å². The minimum absolute atomic E-state index is 0.00503. The highest BCUT2D eigenvalue weighted by Crippen LogP contribution is 2.35. The van der Waals surface area contributed by atoms with E-state index < -0.39 is 28.5 Å². The van der Waals surface area contributed by atoms with Gasteiger partial charge < -0.3 is 10.2 Å². The molecule has 0 bridgehead atoms. The molecule has 0 saturated heterocycles. The van der Waals surface area contributed by atoms with Crippen LogP contribution in [0.4, 0.5) is 5.69 Å². The predicted molar refractivity (Wildman–Crippen MR) is 156 cm³/mol. The van der Waals surface area contributed by atoms with Crippen LogP contribution in [-0.2, 0) is 26.2 Å². The third-order valence-corrected chi connectivity index (χ3v) is 8.80. The van der Waals surface area contributed by atoms with Crippen LogP contribution in [0.5, 0.6) is 0 Å². The molecule has 0 unspecified atom stereocenters. The molecular weight excluding hydrogens is 557 g/mol. The molecule has 0 aliphatic rings. The zero-order valence-corrected chi connectivity index (χ0v) is 24.3.